The van der Waals surface area contributed by atoms with Crippen molar-refractivity contribution in [3.05, 3.63) is 23.4 Å². The predicted molar refractivity (Wildman–Crippen MR) is 85.3 cm³/mol. The van der Waals surface area contributed by atoms with Crippen LogP contribution in [0.2, 0.25) is 0 Å². The molecular weight excluding hydrogens is 286 g/mol. The molecule has 0 aliphatic carbocycles. The Morgan fingerprint density at radius 2 is 2.24 bits per heavy atom. The van der Waals surface area contributed by atoms with Gasteiger partial charge in [0.15, 0.2) is 0 Å². The molecule has 2 aromatic heterocycles. The van der Waals surface area contributed by atoms with Crippen LogP contribution in [-0.2, 0) is 4.79 Å². The van der Waals surface area contributed by atoms with Gasteiger partial charge in [-0.1, -0.05) is 32.0 Å². The number of amides is 1. The summed E-state index contributed by atoms with van der Waals surface area (Å²) in [6.45, 7) is 9.42. The van der Waals surface area contributed by atoms with Crippen molar-refractivity contribution in [2.24, 2.45) is 0 Å². The van der Waals surface area contributed by atoms with E-state index >= 15 is 0 Å². The normalized spacial score (nSPS) is 11.4. The van der Waals surface area contributed by atoms with E-state index in [1.54, 1.807) is 16.2 Å². The summed E-state index contributed by atoms with van der Waals surface area (Å²) in [4.78, 5) is 17.9. The largest absolute Gasteiger partial charge is 0.346 e. The Bertz CT molecular complexity index is 511. The Morgan fingerprint density at radius 1 is 1.48 bits per heavy atom. The average Bonchev–Trinajstić information content (AvgIpc) is 3.21. The van der Waals surface area contributed by atoms with E-state index in [9.17, 15) is 4.79 Å². The van der Waals surface area contributed by atoms with Crippen LogP contribution in [0.1, 0.15) is 45.9 Å². The highest BCUT2D eigenvalue weighted by Crippen LogP contribution is 2.24. The van der Waals surface area contributed by atoms with Crippen LogP contribution in [0.15, 0.2) is 22.0 Å². The number of aromatic nitrogens is 2. The summed E-state index contributed by atoms with van der Waals surface area (Å²) in [5.41, 5.74) is 0. The molecule has 2 rings (SSSR count). The third-order valence-electron chi connectivity index (χ3n) is 3.01. The highest BCUT2D eigenvalue weighted by Gasteiger charge is 2.16. The van der Waals surface area contributed by atoms with Gasteiger partial charge in [0.1, 0.15) is 0 Å². The molecule has 1 atom stereocenters. The van der Waals surface area contributed by atoms with Crippen LogP contribution >= 0.6 is 11.3 Å². The van der Waals surface area contributed by atoms with Gasteiger partial charge < -0.3 is 9.42 Å². The molecule has 0 spiro atoms. The highest BCUT2D eigenvalue weighted by molar-refractivity contribution is 7.13. The molecule has 6 heteroatoms. The number of carbonyl (C=O) groups excluding carboxylic acids is 1. The molecule has 0 bridgehead atoms. The minimum Gasteiger partial charge on any atom is -0.346 e. The zero-order chi connectivity index (χ0) is 15.7. The molecule has 1 unspecified atom stereocenters. The van der Waals surface area contributed by atoms with Gasteiger partial charge in [-0.05, 0) is 24.8 Å². The molecule has 0 fully saturated rings. The molecule has 0 saturated heterocycles. The van der Waals surface area contributed by atoms with E-state index < -0.39 is 0 Å². The number of thiophene rings is 1. The van der Waals surface area contributed by atoms with Crippen molar-refractivity contribution < 1.29 is 9.32 Å². The fraction of sp³-hybridized carbons (Fsp3) is 0.533. The van der Waals surface area contributed by atoms with E-state index in [2.05, 4.69) is 10.1 Å². The van der Waals surface area contributed by atoms with Crippen LogP contribution in [0, 0.1) is 0 Å². The first-order valence-electron chi connectivity index (χ1n) is 7.31. The second-order valence-electron chi connectivity index (χ2n) is 4.36. The minimum atomic E-state index is 0.148. The first-order chi connectivity index (χ1) is 10.2. The van der Waals surface area contributed by atoms with Gasteiger partial charge in [-0.25, -0.2) is 0 Å². The molecule has 2 heterocycles. The van der Waals surface area contributed by atoms with Crippen molar-refractivity contribution in [2.75, 3.05) is 13.1 Å². The van der Waals surface area contributed by atoms with Gasteiger partial charge in [-0.3, -0.25) is 4.79 Å². The summed E-state index contributed by atoms with van der Waals surface area (Å²) in [6.07, 6.45) is 1.69. The lowest BCUT2D eigenvalue weighted by atomic mass is 10.1. The number of hydrogen-bond donors (Lipinski definition) is 0. The molecule has 0 aliphatic heterocycles. The highest BCUT2D eigenvalue weighted by atomic mass is 32.1. The third kappa shape index (κ3) is 4.97. The summed E-state index contributed by atoms with van der Waals surface area (Å²) < 4.78 is 5.29. The van der Waals surface area contributed by atoms with Crippen LogP contribution in [0.5, 0.6) is 0 Å². The van der Waals surface area contributed by atoms with Crippen molar-refractivity contribution in [1.82, 2.24) is 15.0 Å². The summed E-state index contributed by atoms with van der Waals surface area (Å²) in [5.74, 6) is 1.42. The Labute approximate surface area is 130 Å². The molecule has 116 valence electrons. The Balaban J connectivity index is 0.00000106. The van der Waals surface area contributed by atoms with E-state index in [-0.39, 0.29) is 5.92 Å². The lowest BCUT2D eigenvalue weighted by Gasteiger charge is -2.15. The first kappa shape index (κ1) is 17.4. The maximum atomic E-state index is 10.7. The zero-order valence-corrected chi connectivity index (χ0v) is 13.9. The zero-order valence-electron chi connectivity index (χ0n) is 13.1. The second-order valence-corrected chi connectivity index (χ2v) is 5.30. The molecule has 0 aromatic carbocycles. The van der Waals surface area contributed by atoms with Crippen molar-refractivity contribution in [2.45, 2.75) is 40.0 Å². The first-order valence-corrected chi connectivity index (χ1v) is 8.19. The standard InChI is InChI=1S/C13H17N3O2S.C2H6/c1-3-16(9-17)7-6-10(2)13-14-12(15-18-13)11-5-4-8-19-11;1-2/h4-5,8-10H,3,6-7H2,1-2H3;1-2H3. The van der Waals surface area contributed by atoms with E-state index in [0.717, 1.165) is 24.3 Å². The third-order valence-corrected chi connectivity index (χ3v) is 3.88. The topological polar surface area (TPSA) is 59.2 Å². The van der Waals surface area contributed by atoms with Crippen molar-refractivity contribution in [3.8, 4) is 10.7 Å². The smallest absolute Gasteiger partial charge is 0.229 e. The maximum absolute atomic E-state index is 10.7. The molecule has 0 N–H and O–H groups in total. The number of hydrogen-bond acceptors (Lipinski definition) is 5. The summed E-state index contributed by atoms with van der Waals surface area (Å²) in [6, 6.07) is 3.93. The maximum Gasteiger partial charge on any atom is 0.229 e. The molecule has 21 heavy (non-hydrogen) atoms. The summed E-state index contributed by atoms with van der Waals surface area (Å²) >= 11 is 1.59. The quantitative estimate of drug-likeness (QED) is 0.730. The minimum absolute atomic E-state index is 0.148. The van der Waals surface area contributed by atoms with E-state index in [1.807, 2.05) is 45.2 Å². The Morgan fingerprint density at radius 3 is 2.81 bits per heavy atom. The van der Waals surface area contributed by atoms with Crippen LogP contribution in [-0.4, -0.2) is 34.5 Å². The average molecular weight is 309 g/mol. The van der Waals surface area contributed by atoms with Gasteiger partial charge in [0, 0.05) is 19.0 Å². The monoisotopic (exact) mass is 309 g/mol. The van der Waals surface area contributed by atoms with Crippen LogP contribution in [0.4, 0.5) is 0 Å². The van der Waals surface area contributed by atoms with Gasteiger partial charge in [-0.15, -0.1) is 11.3 Å². The molecular formula is C15H23N3O2S. The van der Waals surface area contributed by atoms with Crippen molar-refractivity contribution in [3.63, 3.8) is 0 Å². The van der Waals surface area contributed by atoms with Crippen LogP contribution < -0.4 is 0 Å². The summed E-state index contributed by atoms with van der Waals surface area (Å²) in [7, 11) is 0. The van der Waals surface area contributed by atoms with Crippen molar-refractivity contribution in [1.29, 1.82) is 0 Å². The van der Waals surface area contributed by atoms with Gasteiger partial charge >= 0.3 is 0 Å². The van der Waals surface area contributed by atoms with Crippen LogP contribution in [0.25, 0.3) is 10.7 Å². The fourth-order valence-corrected chi connectivity index (χ4v) is 2.36. The van der Waals surface area contributed by atoms with E-state index in [4.69, 9.17) is 4.52 Å². The molecule has 0 saturated carbocycles. The SMILES string of the molecule is CC.CCN(C=O)CCC(C)c1nc(-c2cccs2)no1. The second kappa shape index (κ2) is 9.28. The van der Waals surface area contributed by atoms with Gasteiger partial charge in [0.05, 0.1) is 4.88 Å². The van der Waals surface area contributed by atoms with Gasteiger partial charge in [0.2, 0.25) is 18.1 Å². The summed E-state index contributed by atoms with van der Waals surface area (Å²) in [5, 5.41) is 5.97. The van der Waals surface area contributed by atoms with Gasteiger partial charge in [-0.2, -0.15) is 4.98 Å². The molecule has 2 aromatic rings. The van der Waals surface area contributed by atoms with Gasteiger partial charge in [0.25, 0.3) is 0 Å². The molecule has 5 nitrogen and oxygen atoms in total. The molecule has 0 radical (unpaired) electrons. The lowest BCUT2D eigenvalue weighted by Crippen LogP contribution is -2.23. The number of nitrogens with zero attached hydrogens (tertiary/aromatic N) is 3. The number of rotatable bonds is 7. The number of carbonyl (C=O) groups is 1. The van der Waals surface area contributed by atoms with E-state index in [1.165, 1.54) is 0 Å². The van der Waals surface area contributed by atoms with E-state index in [0.29, 0.717) is 18.3 Å². The Hall–Kier alpha value is -1.69. The molecule has 0 aliphatic rings. The Kier molecular flexibility index (Phi) is 7.68. The molecule has 1 amide bonds. The lowest BCUT2D eigenvalue weighted by molar-refractivity contribution is -0.118. The predicted octanol–water partition coefficient (Wildman–Crippen LogP) is 3.80. The van der Waals surface area contributed by atoms with Crippen molar-refractivity contribution >= 4 is 17.7 Å². The van der Waals surface area contributed by atoms with Crippen LogP contribution in [0.3, 0.4) is 0 Å². The fourth-order valence-electron chi connectivity index (χ4n) is 1.71.